The van der Waals surface area contributed by atoms with E-state index in [1.165, 1.54) is 48.8 Å². The first-order valence-electron chi connectivity index (χ1n) is 11.2. The largest absolute Gasteiger partial charge is 0.573 e. The standard InChI is InChI=1S/C28H14F6N4O2/c29-27(30,31)39-24-13-17(7-9-20(24)22-5-1-3-11-37-22)26(19(15-35)16-36)18-8-10-21(23-6-2-4-12-38-23)25(14-18)40-28(32,33)34/h1-14H. The molecule has 0 amide bonds. The molecular weight excluding hydrogens is 538 g/mol. The molecule has 0 fully saturated rings. The number of aromatic nitrogens is 2. The molecule has 4 rings (SSSR count). The Kier molecular flexibility index (Phi) is 7.73. The summed E-state index contributed by atoms with van der Waals surface area (Å²) in [5, 5.41) is 19.2. The first-order chi connectivity index (χ1) is 19.0. The first-order valence-corrected chi connectivity index (χ1v) is 11.2. The Labute approximate surface area is 223 Å². The first kappa shape index (κ1) is 27.7. The van der Waals surface area contributed by atoms with E-state index >= 15 is 0 Å². The fraction of sp³-hybridized carbons (Fsp3) is 0.0714. The monoisotopic (exact) mass is 552 g/mol. The minimum Gasteiger partial charge on any atom is -0.405 e. The van der Waals surface area contributed by atoms with Crippen LogP contribution in [0.15, 0.2) is 90.8 Å². The van der Waals surface area contributed by atoms with Crippen LogP contribution in [-0.2, 0) is 0 Å². The topological polar surface area (TPSA) is 91.8 Å². The predicted octanol–water partition coefficient (Wildman–Crippen LogP) is 7.46. The molecule has 40 heavy (non-hydrogen) atoms. The molecule has 0 bridgehead atoms. The third kappa shape index (κ3) is 6.55. The van der Waals surface area contributed by atoms with Crippen molar-refractivity contribution in [3.63, 3.8) is 0 Å². The number of nitriles is 2. The predicted molar refractivity (Wildman–Crippen MR) is 130 cm³/mol. The van der Waals surface area contributed by atoms with Crippen molar-refractivity contribution in [3.05, 3.63) is 102 Å². The third-order valence-corrected chi connectivity index (χ3v) is 5.35. The minimum absolute atomic E-state index is 0.0527. The fourth-order valence-corrected chi connectivity index (χ4v) is 3.83. The molecule has 0 spiro atoms. The van der Waals surface area contributed by atoms with Gasteiger partial charge in [0.25, 0.3) is 0 Å². The van der Waals surface area contributed by atoms with Crippen molar-refractivity contribution < 1.29 is 35.8 Å². The van der Waals surface area contributed by atoms with Crippen LogP contribution in [0, 0.1) is 22.7 Å². The van der Waals surface area contributed by atoms with Crippen LogP contribution in [0.3, 0.4) is 0 Å². The van der Waals surface area contributed by atoms with Crippen LogP contribution in [0.4, 0.5) is 26.3 Å². The van der Waals surface area contributed by atoms with Crippen molar-refractivity contribution in [2.45, 2.75) is 12.7 Å². The van der Waals surface area contributed by atoms with E-state index in [1.54, 1.807) is 36.4 Å². The number of halogens is 6. The Balaban J connectivity index is 1.94. The Hall–Kier alpha value is -5.36. The molecule has 2 heterocycles. The molecule has 0 saturated carbocycles. The molecule has 0 unspecified atom stereocenters. The van der Waals surface area contributed by atoms with Crippen LogP contribution >= 0.6 is 0 Å². The number of benzene rings is 2. The lowest BCUT2D eigenvalue weighted by atomic mass is 9.91. The van der Waals surface area contributed by atoms with Crippen LogP contribution in [0.1, 0.15) is 11.1 Å². The van der Waals surface area contributed by atoms with Gasteiger partial charge in [-0.3, -0.25) is 9.97 Å². The highest BCUT2D eigenvalue weighted by atomic mass is 19.4. The second-order valence-electron chi connectivity index (χ2n) is 7.92. The van der Waals surface area contributed by atoms with Gasteiger partial charge in [0, 0.05) is 29.1 Å². The van der Waals surface area contributed by atoms with Gasteiger partial charge in [0.1, 0.15) is 29.2 Å². The summed E-state index contributed by atoms with van der Waals surface area (Å²) in [5.41, 5.74) is -0.871. The molecule has 0 radical (unpaired) electrons. The van der Waals surface area contributed by atoms with E-state index in [2.05, 4.69) is 19.4 Å². The number of ether oxygens (including phenoxy) is 2. The fourth-order valence-electron chi connectivity index (χ4n) is 3.83. The van der Waals surface area contributed by atoms with Gasteiger partial charge in [0.2, 0.25) is 0 Å². The quantitative estimate of drug-likeness (QED) is 0.182. The van der Waals surface area contributed by atoms with Gasteiger partial charge >= 0.3 is 12.7 Å². The molecule has 2 aromatic heterocycles. The molecule has 0 aliphatic heterocycles. The van der Waals surface area contributed by atoms with Gasteiger partial charge in [0.15, 0.2) is 0 Å². The maximum Gasteiger partial charge on any atom is 0.573 e. The van der Waals surface area contributed by atoms with E-state index in [1.807, 2.05) is 0 Å². The van der Waals surface area contributed by atoms with E-state index in [4.69, 9.17) is 0 Å². The molecule has 6 nitrogen and oxygen atoms in total. The van der Waals surface area contributed by atoms with Crippen molar-refractivity contribution in [2.24, 2.45) is 0 Å². The molecule has 0 aliphatic carbocycles. The van der Waals surface area contributed by atoms with Crippen LogP contribution in [0.5, 0.6) is 11.5 Å². The highest BCUT2D eigenvalue weighted by molar-refractivity contribution is 5.89. The molecular formula is C28H14F6N4O2. The van der Waals surface area contributed by atoms with E-state index < -0.39 is 29.8 Å². The average Bonchev–Trinajstić information content (AvgIpc) is 2.91. The lowest BCUT2D eigenvalue weighted by molar-refractivity contribution is -0.275. The number of nitrogens with zero attached hydrogens (tertiary/aromatic N) is 4. The summed E-state index contributed by atoms with van der Waals surface area (Å²) < 4.78 is 88.3. The highest BCUT2D eigenvalue weighted by Crippen LogP contribution is 2.40. The normalized spacial score (nSPS) is 11.2. The highest BCUT2D eigenvalue weighted by Gasteiger charge is 2.34. The Bertz CT molecular complexity index is 1520. The summed E-state index contributed by atoms with van der Waals surface area (Å²) in [4.78, 5) is 8.06. The Morgan fingerprint density at radius 3 is 1.38 bits per heavy atom. The van der Waals surface area contributed by atoms with Crippen LogP contribution < -0.4 is 9.47 Å². The number of pyridine rings is 2. The van der Waals surface area contributed by atoms with E-state index in [9.17, 15) is 36.9 Å². The van der Waals surface area contributed by atoms with Gasteiger partial charge in [-0.15, -0.1) is 26.3 Å². The molecule has 4 aromatic rings. The number of hydrogen-bond acceptors (Lipinski definition) is 6. The van der Waals surface area contributed by atoms with Crippen molar-refractivity contribution in [1.29, 1.82) is 10.5 Å². The van der Waals surface area contributed by atoms with Crippen molar-refractivity contribution in [3.8, 4) is 46.2 Å². The smallest absolute Gasteiger partial charge is 0.405 e. The summed E-state index contributed by atoms with van der Waals surface area (Å²) in [7, 11) is 0. The lowest BCUT2D eigenvalue weighted by Gasteiger charge is -2.18. The van der Waals surface area contributed by atoms with Gasteiger partial charge in [-0.1, -0.05) is 24.3 Å². The van der Waals surface area contributed by atoms with Gasteiger partial charge in [-0.2, -0.15) is 10.5 Å². The molecule has 2 aromatic carbocycles. The summed E-state index contributed by atoms with van der Waals surface area (Å²) in [6.45, 7) is 0. The second kappa shape index (κ2) is 11.2. The van der Waals surface area contributed by atoms with Gasteiger partial charge < -0.3 is 9.47 Å². The molecule has 200 valence electrons. The van der Waals surface area contributed by atoms with E-state index in [-0.39, 0.29) is 39.2 Å². The number of allylic oxidation sites excluding steroid dienone is 1. The number of alkyl halides is 6. The maximum atomic E-state index is 13.3. The maximum absolute atomic E-state index is 13.3. The third-order valence-electron chi connectivity index (χ3n) is 5.35. The summed E-state index contributed by atoms with van der Waals surface area (Å²) in [6, 6.07) is 19.3. The zero-order valence-corrected chi connectivity index (χ0v) is 20.0. The van der Waals surface area contributed by atoms with E-state index in [0.29, 0.717) is 0 Å². The summed E-state index contributed by atoms with van der Waals surface area (Å²) in [5.74, 6) is -1.40. The minimum atomic E-state index is -5.11. The van der Waals surface area contributed by atoms with Crippen LogP contribution in [0.2, 0.25) is 0 Å². The van der Waals surface area contributed by atoms with Crippen molar-refractivity contribution in [2.75, 3.05) is 0 Å². The zero-order valence-electron chi connectivity index (χ0n) is 20.0. The number of rotatable bonds is 6. The Morgan fingerprint density at radius 1 is 0.625 bits per heavy atom. The van der Waals surface area contributed by atoms with Gasteiger partial charge in [-0.05, 0) is 59.7 Å². The van der Waals surface area contributed by atoms with Crippen molar-refractivity contribution in [1.82, 2.24) is 9.97 Å². The molecule has 0 aliphatic rings. The molecule has 0 saturated heterocycles. The molecule has 0 atom stereocenters. The molecule has 12 heteroatoms. The zero-order chi connectivity index (χ0) is 28.9. The number of hydrogen-bond donors (Lipinski definition) is 0. The Morgan fingerprint density at radius 2 is 1.05 bits per heavy atom. The van der Waals surface area contributed by atoms with E-state index in [0.717, 1.165) is 12.1 Å². The lowest BCUT2D eigenvalue weighted by Crippen LogP contribution is -2.18. The summed E-state index contributed by atoms with van der Waals surface area (Å²) in [6.07, 6.45) is -7.50. The van der Waals surface area contributed by atoms with Gasteiger partial charge in [0.05, 0.1) is 11.4 Å². The summed E-state index contributed by atoms with van der Waals surface area (Å²) >= 11 is 0. The van der Waals surface area contributed by atoms with Crippen molar-refractivity contribution >= 4 is 5.57 Å². The van der Waals surface area contributed by atoms with Gasteiger partial charge in [-0.25, -0.2) is 0 Å². The van der Waals surface area contributed by atoms with Crippen LogP contribution in [0.25, 0.3) is 28.1 Å². The molecule has 0 N–H and O–H groups in total. The SMILES string of the molecule is N#CC(C#N)=C(c1ccc(-c2ccccn2)c(OC(F)(F)F)c1)c1ccc(-c2ccccn2)c(OC(F)(F)F)c1. The van der Waals surface area contributed by atoms with Crippen LogP contribution in [-0.4, -0.2) is 22.7 Å². The second-order valence-corrected chi connectivity index (χ2v) is 7.92. The average molecular weight is 552 g/mol.